The Kier molecular flexibility index (Phi) is 10.3. The van der Waals surface area contributed by atoms with Crippen molar-refractivity contribution in [2.75, 3.05) is 6.61 Å². The Morgan fingerprint density at radius 2 is 1.67 bits per heavy atom. The van der Waals surface area contributed by atoms with E-state index < -0.39 is 48.0 Å². The number of carbonyl (C=O) groups excluding carboxylic acids is 4. The van der Waals surface area contributed by atoms with E-state index in [1.807, 2.05) is 6.07 Å². The van der Waals surface area contributed by atoms with Crippen LogP contribution in [0.4, 0.5) is 4.79 Å². The molecule has 0 aromatic heterocycles. The molecule has 0 fully saturated rings. The van der Waals surface area contributed by atoms with E-state index >= 15 is 0 Å². The van der Waals surface area contributed by atoms with Gasteiger partial charge in [0, 0.05) is 0 Å². The maximum absolute atomic E-state index is 12.6. The number of alkyl carbamates (subject to hydrolysis) is 1. The van der Waals surface area contributed by atoms with Crippen molar-refractivity contribution in [1.29, 1.82) is 0 Å². The summed E-state index contributed by atoms with van der Waals surface area (Å²) in [5.41, 5.74) is 6.09. The average molecular weight is 423 g/mol. The third-order valence-corrected chi connectivity index (χ3v) is 4.22. The number of primary amides is 1. The summed E-state index contributed by atoms with van der Waals surface area (Å²) >= 11 is 0. The number of aliphatic hydroxyl groups excluding tert-OH is 1. The standard InChI is InChI=1S/C20H29N3O7/c1-4-29-15(25)10-12(2)16(18(21)26)22-19(27)17(13(3)24)23-20(28)30-11-14-8-6-5-7-9-14/h5-9,12-13,16-17,24H,4,10-11H2,1-3H3,(H2,21,26)(H,22,27)(H,23,28)/t12-,13+,16+,17-/m0/s1. The van der Waals surface area contributed by atoms with E-state index in [0.29, 0.717) is 0 Å². The van der Waals surface area contributed by atoms with Gasteiger partial charge in [0.2, 0.25) is 11.8 Å². The number of ether oxygens (including phenoxy) is 2. The highest BCUT2D eigenvalue weighted by Gasteiger charge is 2.32. The number of carbonyl (C=O) groups is 4. The largest absolute Gasteiger partial charge is 0.466 e. The van der Waals surface area contributed by atoms with E-state index in [2.05, 4.69) is 10.6 Å². The van der Waals surface area contributed by atoms with Gasteiger partial charge in [-0.3, -0.25) is 14.4 Å². The molecule has 4 atom stereocenters. The molecule has 30 heavy (non-hydrogen) atoms. The molecule has 10 heteroatoms. The zero-order valence-corrected chi connectivity index (χ0v) is 17.3. The third-order valence-electron chi connectivity index (χ3n) is 4.22. The van der Waals surface area contributed by atoms with Crippen LogP contribution >= 0.6 is 0 Å². The van der Waals surface area contributed by atoms with Crippen LogP contribution in [0.15, 0.2) is 30.3 Å². The lowest BCUT2D eigenvalue weighted by Crippen LogP contribution is -2.58. The first kappa shape index (κ1) is 24.9. The van der Waals surface area contributed by atoms with E-state index in [9.17, 15) is 24.3 Å². The third kappa shape index (κ3) is 8.48. The molecule has 166 valence electrons. The molecule has 0 bridgehead atoms. The number of aliphatic hydroxyl groups is 1. The number of benzene rings is 1. The quantitative estimate of drug-likeness (QED) is 0.371. The predicted molar refractivity (Wildman–Crippen MR) is 107 cm³/mol. The van der Waals surface area contributed by atoms with Gasteiger partial charge >= 0.3 is 12.1 Å². The highest BCUT2D eigenvalue weighted by atomic mass is 16.5. The predicted octanol–water partition coefficient (Wildman–Crippen LogP) is 0.222. The summed E-state index contributed by atoms with van der Waals surface area (Å²) in [6, 6.07) is 6.29. The summed E-state index contributed by atoms with van der Waals surface area (Å²) in [7, 11) is 0. The summed E-state index contributed by atoms with van der Waals surface area (Å²) in [5.74, 6) is -2.91. The molecule has 0 spiro atoms. The molecule has 0 saturated carbocycles. The van der Waals surface area contributed by atoms with Crippen LogP contribution in [0.1, 0.15) is 32.8 Å². The van der Waals surface area contributed by atoms with E-state index in [1.165, 1.54) is 6.92 Å². The van der Waals surface area contributed by atoms with Crippen LogP contribution in [0, 0.1) is 5.92 Å². The fourth-order valence-corrected chi connectivity index (χ4v) is 2.63. The van der Waals surface area contributed by atoms with Gasteiger partial charge in [-0.2, -0.15) is 0 Å². The van der Waals surface area contributed by atoms with Crippen molar-refractivity contribution in [3.8, 4) is 0 Å². The van der Waals surface area contributed by atoms with Gasteiger partial charge in [-0.05, 0) is 25.3 Å². The second-order valence-corrected chi connectivity index (χ2v) is 6.80. The van der Waals surface area contributed by atoms with Gasteiger partial charge in [0.1, 0.15) is 18.7 Å². The number of hydrogen-bond acceptors (Lipinski definition) is 7. The van der Waals surface area contributed by atoms with E-state index in [0.717, 1.165) is 5.56 Å². The SMILES string of the molecule is CCOC(=O)C[C@H](C)[C@@H](NC(=O)[C@@H](NC(=O)OCc1ccccc1)[C@@H](C)O)C(N)=O. The molecule has 1 aromatic rings. The van der Waals surface area contributed by atoms with Crippen molar-refractivity contribution in [3.05, 3.63) is 35.9 Å². The number of amides is 3. The molecule has 1 aromatic carbocycles. The normalized spacial score (nSPS) is 14.5. The first-order valence-electron chi connectivity index (χ1n) is 9.56. The van der Waals surface area contributed by atoms with Crippen molar-refractivity contribution in [1.82, 2.24) is 10.6 Å². The lowest BCUT2D eigenvalue weighted by atomic mass is 9.97. The van der Waals surface area contributed by atoms with Gasteiger partial charge in [0.15, 0.2) is 0 Å². The van der Waals surface area contributed by atoms with Crippen LogP contribution in [-0.4, -0.2) is 53.8 Å². The zero-order chi connectivity index (χ0) is 22.7. The molecule has 0 saturated heterocycles. The maximum atomic E-state index is 12.6. The Labute approximate surface area is 175 Å². The molecular formula is C20H29N3O7. The average Bonchev–Trinajstić information content (AvgIpc) is 2.68. The minimum atomic E-state index is -1.40. The topological polar surface area (TPSA) is 157 Å². The van der Waals surface area contributed by atoms with Gasteiger partial charge in [0.25, 0.3) is 0 Å². The maximum Gasteiger partial charge on any atom is 0.408 e. The van der Waals surface area contributed by atoms with Crippen LogP contribution in [0.5, 0.6) is 0 Å². The number of nitrogens with one attached hydrogen (secondary N) is 2. The van der Waals surface area contributed by atoms with Crippen LogP contribution in [0.2, 0.25) is 0 Å². The van der Waals surface area contributed by atoms with Crippen LogP contribution in [0.3, 0.4) is 0 Å². The van der Waals surface area contributed by atoms with Crippen LogP contribution in [0.25, 0.3) is 0 Å². The van der Waals surface area contributed by atoms with Gasteiger partial charge in [-0.25, -0.2) is 4.79 Å². The van der Waals surface area contributed by atoms with E-state index in [-0.39, 0.29) is 19.6 Å². The molecular weight excluding hydrogens is 394 g/mol. The molecule has 3 amide bonds. The fraction of sp³-hybridized carbons (Fsp3) is 0.500. The monoisotopic (exact) mass is 423 g/mol. The lowest BCUT2D eigenvalue weighted by molar-refractivity contribution is -0.145. The van der Waals surface area contributed by atoms with Gasteiger partial charge in [-0.15, -0.1) is 0 Å². The molecule has 10 nitrogen and oxygen atoms in total. The first-order valence-corrected chi connectivity index (χ1v) is 9.56. The summed E-state index contributed by atoms with van der Waals surface area (Å²) in [6.07, 6.45) is -2.36. The molecule has 0 aliphatic heterocycles. The molecule has 0 radical (unpaired) electrons. The number of hydrogen-bond donors (Lipinski definition) is 4. The van der Waals surface area contributed by atoms with Crippen molar-refractivity contribution >= 4 is 23.9 Å². The van der Waals surface area contributed by atoms with Crippen molar-refractivity contribution in [3.63, 3.8) is 0 Å². The Balaban J connectivity index is 2.72. The minimum Gasteiger partial charge on any atom is -0.466 e. The fourth-order valence-electron chi connectivity index (χ4n) is 2.63. The number of esters is 1. The summed E-state index contributed by atoms with van der Waals surface area (Å²) < 4.78 is 9.88. The number of nitrogens with two attached hydrogens (primary N) is 1. The Morgan fingerprint density at radius 3 is 2.20 bits per heavy atom. The summed E-state index contributed by atoms with van der Waals surface area (Å²) in [5, 5.41) is 14.5. The second-order valence-electron chi connectivity index (χ2n) is 6.80. The summed E-state index contributed by atoms with van der Waals surface area (Å²) in [6.45, 7) is 4.64. The van der Waals surface area contributed by atoms with Crippen LogP contribution in [-0.2, 0) is 30.5 Å². The minimum absolute atomic E-state index is 0.0265. The molecule has 1 rings (SSSR count). The molecule has 0 aliphatic carbocycles. The van der Waals surface area contributed by atoms with E-state index in [4.69, 9.17) is 15.2 Å². The van der Waals surface area contributed by atoms with Crippen molar-refractivity contribution in [2.45, 2.75) is 52.0 Å². The zero-order valence-electron chi connectivity index (χ0n) is 17.3. The molecule has 5 N–H and O–H groups in total. The second kappa shape index (κ2) is 12.4. The highest BCUT2D eigenvalue weighted by molar-refractivity contribution is 5.91. The number of rotatable bonds is 11. The van der Waals surface area contributed by atoms with Gasteiger partial charge in [0.05, 0.1) is 19.1 Å². The van der Waals surface area contributed by atoms with E-state index in [1.54, 1.807) is 38.1 Å². The highest BCUT2D eigenvalue weighted by Crippen LogP contribution is 2.11. The van der Waals surface area contributed by atoms with Crippen molar-refractivity contribution < 1.29 is 33.8 Å². The molecule has 0 aliphatic rings. The van der Waals surface area contributed by atoms with Gasteiger partial charge < -0.3 is 30.9 Å². The Bertz CT molecular complexity index is 724. The van der Waals surface area contributed by atoms with Gasteiger partial charge in [-0.1, -0.05) is 37.3 Å². The van der Waals surface area contributed by atoms with Crippen molar-refractivity contribution in [2.24, 2.45) is 11.7 Å². The lowest BCUT2D eigenvalue weighted by Gasteiger charge is -2.26. The Hall–Kier alpha value is -3.14. The Morgan fingerprint density at radius 1 is 1.03 bits per heavy atom. The smallest absolute Gasteiger partial charge is 0.408 e. The van der Waals surface area contributed by atoms with Crippen LogP contribution < -0.4 is 16.4 Å². The molecule has 0 heterocycles. The first-order chi connectivity index (χ1) is 14.1. The summed E-state index contributed by atoms with van der Waals surface area (Å²) in [4.78, 5) is 48.0. The molecule has 0 unspecified atom stereocenters.